The van der Waals surface area contributed by atoms with Crippen LogP contribution in [0.1, 0.15) is 0 Å². The molecule has 0 aromatic carbocycles. The van der Waals surface area contributed by atoms with E-state index in [1.54, 1.807) is 6.21 Å². The zero-order chi connectivity index (χ0) is 5.98. The number of nitrogens with zero attached hydrogens (tertiary/aromatic N) is 1. The van der Waals surface area contributed by atoms with Gasteiger partial charge in [-0.3, -0.25) is 0 Å². The van der Waals surface area contributed by atoms with E-state index in [1.807, 2.05) is 3.83 Å². The van der Waals surface area contributed by atoms with Crippen LogP contribution in [0.3, 0.4) is 0 Å². The standard InChI is InChI=1S/C3H4N2.CH2F.In/c1-3(5)2-4;1-2;/h1-2H,5H2;1H2;/q-1;;+1. The van der Waals surface area contributed by atoms with Gasteiger partial charge in [-0.15, -0.1) is 0 Å². The van der Waals surface area contributed by atoms with Crippen LogP contribution in [0.4, 0.5) is 4.39 Å². The van der Waals surface area contributed by atoms with E-state index in [4.69, 9.17) is 5.73 Å². The summed E-state index contributed by atoms with van der Waals surface area (Å²) in [5, 5.41) is 0. The second-order valence-electron chi connectivity index (χ2n) is 1.67. The van der Waals surface area contributed by atoms with Gasteiger partial charge < -0.3 is 0 Å². The first-order chi connectivity index (χ1) is 3.83. The molecule has 0 aromatic heterocycles. The Labute approximate surface area is 55.2 Å². The first-order valence-electron chi connectivity index (χ1n) is 2.39. The summed E-state index contributed by atoms with van der Waals surface area (Å²) in [5.41, 5.74) is 5.95. The molecule has 2 nitrogen and oxygen atoms in total. The summed E-state index contributed by atoms with van der Waals surface area (Å²) in [6, 6.07) is 0. The zero-order valence-corrected chi connectivity index (χ0v) is 7.64. The van der Waals surface area contributed by atoms with Crippen LogP contribution in [0, 0.1) is 0 Å². The molecule has 0 unspecified atom stereocenters. The van der Waals surface area contributed by atoms with Crippen molar-refractivity contribution in [2.24, 2.45) is 8.71 Å². The molecular formula is C4H6FInN2. The topological polar surface area (TPSA) is 38.4 Å². The van der Waals surface area contributed by atoms with Gasteiger partial charge in [-0.05, 0) is 0 Å². The van der Waals surface area contributed by atoms with Crippen molar-refractivity contribution in [3.05, 3.63) is 9.53 Å². The maximum absolute atomic E-state index is 11.8. The molecule has 0 amide bonds. The summed E-state index contributed by atoms with van der Waals surface area (Å²) in [4.78, 5) is 0. The van der Waals surface area contributed by atoms with Gasteiger partial charge in [-0.25, -0.2) is 0 Å². The minimum atomic E-state index is -2.11. The fourth-order valence-corrected chi connectivity index (χ4v) is 3.85. The molecular weight excluding hydrogens is 210 g/mol. The summed E-state index contributed by atoms with van der Waals surface area (Å²) in [6.45, 7) is 0. The molecule has 1 aliphatic rings. The third-order valence-corrected chi connectivity index (χ3v) is 5.58. The van der Waals surface area contributed by atoms with Gasteiger partial charge in [0.2, 0.25) is 0 Å². The summed E-state index contributed by atoms with van der Waals surface area (Å²) >= 11 is -2.11. The van der Waals surface area contributed by atoms with Crippen molar-refractivity contribution in [2.75, 3.05) is 4.43 Å². The van der Waals surface area contributed by atoms with Gasteiger partial charge in [0, 0.05) is 0 Å². The maximum atomic E-state index is 11.8. The predicted molar refractivity (Wildman–Crippen MR) is 32.5 cm³/mol. The van der Waals surface area contributed by atoms with E-state index in [0.29, 0.717) is 5.70 Å². The van der Waals surface area contributed by atoms with Crippen LogP contribution in [0.15, 0.2) is 12.5 Å². The Balaban J connectivity index is 2.55. The fourth-order valence-electron chi connectivity index (χ4n) is 0.574. The predicted octanol–water partition coefficient (Wildman–Crippen LogP) is -0.0472. The first-order valence-corrected chi connectivity index (χ1v) is 8.10. The van der Waals surface area contributed by atoms with E-state index in [1.165, 1.54) is 0 Å². The van der Waals surface area contributed by atoms with Crippen LogP contribution in [0.25, 0.3) is 0 Å². The van der Waals surface area contributed by atoms with Gasteiger partial charge in [0.15, 0.2) is 0 Å². The summed E-state index contributed by atoms with van der Waals surface area (Å²) in [5.74, 6) is 0. The second kappa shape index (κ2) is 2.53. The Morgan fingerprint density at radius 1 is 1.88 bits per heavy atom. The van der Waals surface area contributed by atoms with Gasteiger partial charge >= 0.3 is 55.0 Å². The molecule has 2 N–H and O–H groups in total. The number of nitrogens with two attached hydrogens (primary N) is 1. The normalized spacial score (nSPS) is 17.1. The Bertz CT molecular complexity index is 143. The first kappa shape index (κ1) is 6.13. The van der Waals surface area contributed by atoms with E-state index < -0.39 is 21.7 Å². The van der Waals surface area contributed by atoms with Crippen molar-refractivity contribution < 1.29 is 4.39 Å². The molecule has 42 valence electrons. The number of halogens is 1. The van der Waals surface area contributed by atoms with Gasteiger partial charge in [0.05, 0.1) is 0 Å². The van der Waals surface area contributed by atoms with E-state index in [9.17, 15) is 4.39 Å². The summed E-state index contributed by atoms with van der Waals surface area (Å²) in [7, 11) is 0. The Morgan fingerprint density at radius 2 is 2.62 bits per heavy atom. The molecule has 8 heavy (non-hydrogen) atoms. The molecule has 4 heteroatoms. The summed E-state index contributed by atoms with van der Waals surface area (Å²) in [6.07, 6.45) is 1.57. The van der Waals surface area contributed by atoms with Crippen LogP contribution < -0.4 is 5.73 Å². The second-order valence-corrected chi connectivity index (χ2v) is 7.59. The van der Waals surface area contributed by atoms with E-state index in [0.717, 1.165) is 0 Å². The Kier molecular flexibility index (Phi) is 1.94. The third-order valence-electron chi connectivity index (χ3n) is 0.958. The fraction of sp³-hybridized carbons (Fsp3) is 0.250. The van der Waals surface area contributed by atoms with Crippen LogP contribution >= 0.6 is 0 Å². The minimum absolute atomic E-state index is 0.237. The van der Waals surface area contributed by atoms with Crippen LogP contribution in [-0.2, 0) is 0 Å². The molecule has 1 heterocycles. The number of hydrogen-bond donors (Lipinski definition) is 1. The van der Waals surface area contributed by atoms with Gasteiger partial charge in [-0.2, -0.15) is 0 Å². The molecule has 0 radical (unpaired) electrons. The van der Waals surface area contributed by atoms with E-state index in [-0.39, 0.29) is 4.43 Å². The Hall–Kier alpha value is 0.0101. The molecule has 0 atom stereocenters. The van der Waals surface area contributed by atoms with E-state index in [2.05, 4.69) is 2.98 Å². The molecule has 0 spiro atoms. The molecule has 0 bridgehead atoms. The van der Waals surface area contributed by atoms with Crippen LogP contribution in [0.5, 0.6) is 0 Å². The Morgan fingerprint density at radius 3 is 2.88 bits per heavy atom. The van der Waals surface area contributed by atoms with Gasteiger partial charge in [-0.1, -0.05) is 0 Å². The molecule has 0 saturated carbocycles. The molecule has 1 aliphatic heterocycles. The number of rotatable bonds is 1. The van der Waals surface area contributed by atoms with Crippen LogP contribution in [0.2, 0.25) is 0 Å². The van der Waals surface area contributed by atoms with Crippen molar-refractivity contribution in [1.29, 1.82) is 0 Å². The van der Waals surface area contributed by atoms with Crippen molar-refractivity contribution in [1.82, 2.24) is 0 Å². The number of allylic oxidation sites excluding steroid dienone is 1. The van der Waals surface area contributed by atoms with Crippen molar-refractivity contribution in [3.8, 4) is 0 Å². The SMILES string of the molecule is NC1=[CH][In]([CH2]F)[N]=C1. The summed E-state index contributed by atoms with van der Waals surface area (Å²) < 4.78 is 17.2. The molecule has 0 aliphatic carbocycles. The quantitative estimate of drug-likeness (QED) is 0.655. The number of hydrogen-bond acceptors (Lipinski definition) is 2. The zero-order valence-electron chi connectivity index (χ0n) is 4.34. The van der Waals surface area contributed by atoms with Gasteiger partial charge in [0.25, 0.3) is 0 Å². The molecule has 0 aromatic rings. The van der Waals surface area contributed by atoms with Crippen molar-refractivity contribution >= 4 is 27.9 Å². The third kappa shape index (κ3) is 1.24. The average molecular weight is 216 g/mol. The van der Waals surface area contributed by atoms with Crippen molar-refractivity contribution in [3.63, 3.8) is 0 Å². The van der Waals surface area contributed by atoms with Gasteiger partial charge in [0.1, 0.15) is 0 Å². The average Bonchev–Trinajstić information content (AvgIpc) is 2.14. The monoisotopic (exact) mass is 216 g/mol. The molecule has 1 rings (SSSR count). The molecule has 0 fully saturated rings. The van der Waals surface area contributed by atoms with Crippen molar-refractivity contribution in [2.45, 2.75) is 0 Å². The van der Waals surface area contributed by atoms with Crippen LogP contribution in [-0.4, -0.2) is 32.4 Å². The molecule has 0 saturated heterocycles. The number of alkyl halides is 1. The van der Waals surface area contributed by atoms with E-state index >= 15 is 0 Å².